The normalized spacial score (nSPS) is 13.9. The summed E-state index contributed by atoms with van der Waals surface area (Å²) in [6, 6.07) is 11.4. The molecule has 0 bridgehead atoms. The smallest absolute Gasteiger partial charge is 0.257 e. The number of benzene rings is 1. The number of amides is 1. The van der Waals surface area contributed by atoms with E-state index >= 15 is 0 Å². The lowest BCUT2D eigenvalue weighted by Crippen LogP contribution is -2.21. The summed E-state index contributed by atoms with van der Waals surface area (Å²) in [4.78, 5) is 18.9. The number of carbonyl (C=O) groups is 1. The minimum absolute atomic E-state index is 0.160. The number of nitrogens with one attached hydrogen (secondary N) is 1. The van der Waals surface area contributed by atoms with Crippen molar-refractivity contribution in [2.24, 2.45) is 0 Å². The first-order valence-electron chi connectivity index (χ1n) is 8.02. The molecule has 0 atom stereocenters. The summed E-state index contributed by atoms with van der Waals surface area (Å²) in [6.07, 6.45) is 3.94. The molecular formula is C18H21N3O2. The van der Waals surface area contributed by atoms with Crippen molar-refractivity contribution >= 4 is 17.3 Å². The summed E-state index contributed by atoms with van der Waals surface area (Å²) in [5, 5.41) is 2.99. The van der Waals surface area contributed by atoms with Crippen molar-refractivity contribution in [3.8, 4) is 5.88 Å². The highest BCUT2D eigenvalue weighted by Gasteiger charge is 2.17. The van der Waals surface area contributed by atoms with Crippen molar-refractivity contribution in [2.45, 2.75) is 19.8 Å². The monoisotopic (exact) mass is 311 g/mol. The first-order chi connectivity index (χ1) is 11.3. The fraction of sp³-hybridized carbons (Fsp3) is 0.333. The third kappa shape index (κ3) is 3.62. The number of para-hydroxylation sites is 2. The fourth-order valence-electron chi connectivity index (χ4n) is 2.76. The topological polar surface area (TPSA) is 54.5 Å². The van der Waals surface area contributed by atoms with E-state index in [9.17, 15) is 4.79 Å². The minimum Gasteiger partial charge on any atom is -0.478 e. The fourth-order valence-corrected chi connectivity index (χ4v) is 2.76. The van der Waals surface area contributed by atoms with Crippen molar-refractivity contribution < 1.29 is 9.53 Å². The molecule has 1 aliphatic rings. The van der Waals surface area contributed by atoms with Gasteiger partial charge in [-0.15, -0.1) is 0 Å². The van der Waals surface area contributed by atoms with Gasteiger partial charge in [-0.05, 0) is 38.0 Å². The molecule has 0 saturated carbocycles. The van der Waals surface area contributed by atoms with Crippen LogP contribution in [0.2, 0.25) is 0 Å². The Bertz CT molecular complexity index is 664. The van der Waals surface area contributed by atoms with E-state index in [2.05, 4.69) is 21.3 Å². The largest absolute Gasteiger partial charge is 0.478 e. The lowest BCUT2D eigenvalue weighted by molar-refractivity contribution is 0.102. The van der Waals surface area contributed by atoms with Crippen LogP contribution in [0.5, 0.6) is 5.88 Å². The van der Waals surface area contributed by atoms with Crippen LogP contribution in [0.3, 0.4) is 0 Å². The molecule has 1 saturated heterocycles. The van der Waals surface area contributed by atoms with Crippen LogP contribution in [0.15, 0.2) is 42.6 Å². The van der Waals surface area contributed by atoms with Gasteiger partial charge in [-0.3, -0.25) is 4.79 Å². The minimum atomic E-state index is -0.160. The Morgan fingerprint density at radius 2 is 2.00 bits per heavy atom. The summed E-state index contributed by atoms with van der Waals surface area (Å²) >= 11 is 0. The summed E-state index contributed by atoms with van der Waals surface area (Å²) in [6.45, 7) is 4.54. The number of anilines is 2. The average molecular weight is 311 g/mol. The zero-order chi connectivity index (χ0) is 16.1. The molecule has 0 spiro atoms. The van der Waals surface area contributed by atoms with Crippen LogP contribution in [0.4, 0.5) is 11.4 Å². The predicted molar refractivity (Wildman–Crippen MR) is 91.2 cm³/mol. The van der Waals surface area contributed by atoms with Gasteiger partial charge in [-0.1, -0.05) is 12.1 Å². The number of rotatable bonds is 5. The Balaban J connectivity index is 1.75. The van der Waals surface area contributed by atoms with E-state index in [0.29, 0.717) is 18.1 Å². The second-order valence-electron chi connectivity index (χ2n) is 5.48. The quantitative estimate of drug-likeness (QED) is 0.920. The zero-order valence-corrected chi connectivity index (χ0v) is 13.3. The molecule has 2 heterocycles. The van der Waals surface area contributed by atoms with Crippen LogP contribution < -0.4 is 15.0 Å². The van der Waals surface area contributed by atoms with Gasteiger partial charge in [0.2, 0.25) is 5.88 Å². The number of carbonyl (C=O) groups excluding carboxylic acids is 1. The molecule has 0 aliphatic carbocycles. The van der Waals surface area contributed by atoms with E-state index in [-0.39, 0.29) is 5.91 Å². The maximum absolute atomic E-state index is 12.4. The van der Waals surface area contributed by atoms with Gasteiger partial charge in [-0.25, -0.2) is 4.98 Å². The van der Waals surface area contributed by atoms with E-state index in [1.54, 1.807) is 18.3 Å². The summed E-state index contributed by atoms with van der Waals surface area (Å²) < 4.78 is 5.30. The van der Waals surface area contributed by atoms with Gasteiger partial charge in [0.05, 0.1) is 23.5 Å². The van der Waals surface area contributed by atoms with Crippen LogP contribution in [0, 0.1) is 0 Å². The maximum Gasteiger partial charge on any atom is 0.257 e. The van der Waals surface area contributed by atoms with Crippen molar-refractivity contribution in [2.75, 3.05) is 29.9 Å². The molecular weight excluding hydrogens is 290 g/mol. The zero-order valence-electron chi connectivity index (χ0n) is 13.3. The van der Waals surface area contributed by atoms with Crippen molar-refractivity contribution in [1.29, 1.82) is 0 Å². The Morgan fingerprint density at radius 3 is 2.70 bits per heavy atom. The highest BCUT2D eigenvalue weighted by Crippen LogP contribution is 2.29. The third-order valence-electron chi connectivity index (χ3n) is 3.89. The summed E-state index contributed by atoms with van der Waals surface area (Å²) in [5.41, 5.74) is 2.44. The Labute approximate surface area is 136 Å². The lowest BCUT2D eigenvalue weighted by atomic mass is 10.2. The molecule has 120 valence electrons. The molecule has 1 aromatic carbocycles. The van der Waals surface area contributed by atoms with E-state index in [1.807, 2.05) is 25.1 Å². The molecule has 5 heteroatoms. The first-order valence-corrected chi connectivity index (χ1v) is 8.02. The van der Waals surface area contributed by atoms with Gasteiger partial charge in [0.25, 0.3) is 5.91 Å². The Morgan fingerprint density at radius 1 is 1.22 bits per heavy atom. The second kappa shape index (κ2) is 7.13. The molecule has 1 fully saturated rings. The second-order valence-corrected chi connectivity index (χ2v) is 5.48. The van der Waals surface area contributed by atoms with Crippen LogP contribution in [-0.2, 0) is 0 Å². The Hall–Kier alpha value is -2.56. The molecule has 23 heavy (non-hydrogen) atoms. The number of hydrogen-bond acceptors (Lipinski definition) is 4. The molecule has 1 aliphatic heterocycles. The number of ether oxygens (including phenoxy) is 1. The van der Waals surface area contributed by atoms with Gasteiger partial charge < -0.3 is 15.0 Å². The van der Waals surface area contributed by atoms with Gasteiger partial charge in [-0.2, -0.15) is 0 Å². The van der Waals surface area contributed by atoms with Crippen LogP contribution in [0.1, 0.15) is 30.1 Å². The molecule has 3 rings (SSSR count). The number of aromatic nitrogens is 1. The van der Waals surface area contributed by atoms with Gasteiger partial charge in [0, 0.05) is 25.4 Å². The van der Waals surface area contributed by atoms with E-state index in [1.165, 1.54) is 12.8 Å². The van der Waals surface area contributed by atoms with E-state index < -0.39 is 0 Å². The average Bonchev–Trinajstić information content (AvgIpc) is 3.10. The van der Waals surface area contributed by atoms with Crippen LogP contribution in [0.25, 0.3) is 0 Å². The van der Waals surface area contributed by atoms with Crippen molar-refractivity contribution in [3.63, 3.8) is 0 Å². The third-order valence-corrected chi connectivity index (χ3v) is 3.89. The predicted octanol–water partition coefficient (Wildman–Crippen LogP) is 3.33. The summed E-state index contributed by atoms with van der Waals surface area (Å²) in [5.74, 6) is 0.369. The SMILES string of the molecule is CCOc1ccc(C(=O)Nc2ccccc2N2CCCC2)cn1. The molecule has 5 nitrogen and oxygen atoms in total. The summed E-state index contributed by atoms with van der Waals surface area (Å²) in [7, 11) is 0. The number of pyridine rings is 1. The van der Waals surface area contributed by atoms with E-state index in [4.69, 9.17) is 4.74 Å². The number of hydrogen-bond donors (Lipinski definition) is 1. The maximum atomic E-state index is 12.4. The molecule has 0 unspecified atom stereocenters. The van der Waals surface area contributed by atoms with Crippen molar-refractivity contribution in [3.05, 3.63) is 48.2 Å². The molecule has 1 N–H and O–H groups in total. The van der Waals surface area contributed by atoms with E-state index in [0.717, 1.165) is 24.5 Å². The standard InChI is InChI=1S/C18H21N3O2/c1-2-23-17-10-9-14(13-19-17)18(22)20-15-7-3-4-8-16(15)21-11-5-6-12-21/h3-4,7-10,13H,2,5-6,11-12H2,1H3,(H,20,22). The van der Waals surface area contributed by atoms with Gasteiger partial charge in [0.1, 0.15) is 0 Å². The lowest BCUT2D eigenvalue weighted by Gasteiger charge is -2.21. The highest BCUT2D eigenvalue weighted by molar-refractivity contribution is 6.05. The number of nitrogens with zero attached hydrogens (tertiary/aromatic N) is 2. The molecule has 1 amide bonds. The first kappa shape index (κ1) is 15.3. The van der Waals surface area contributed by atoms with Crippen LogP contribution >= 0.6 is 0 Å². The van der Waals surface area contributed by atoms with Gasteiger partial charge >= 0.3 is 0 Å². The highest BCUT2D eigenvalue weighted by atomic mass is 16.5. The molecule has 2 aromatic rings. The molecule has 0 radical (unpaired) electrons. The molecule has 1 aromatic heterocycles. The Kier molecular flexibility index (Phi) is 4.76. The van der Waals surface area contributed by atoms with Gasteiger partial charge in [0.15, 0.2) is 0 Å². The van der Waals surface area contributed by atoms with Crippen LogP contribution in [-0.4, -0.2) is 30.6 Å². The van der Waals surface area contributed by atoms with Crippen molar-refractivity contribution in [1.82, 2.24) is 4.98 Å².